The van der Waals surface area contributed by atoms with E-state index in [0.29, 0.717) is 11.5 Å². The van der Waals surface area contributed by atoms with Gasteiger partial charge in [0.15, 0.2) is 0 Å². The van der Waals surface area contributed by atoms with Gasteiger partial charge in [0.1, 0.15) is 23.8 Å². The smallest absolute Gasteiger partial charge is 0.309 e. The number of hydrogen-bond donors (Lipinski definition) is 2. The molecule has 0 aliphatic heterocycles. The van der Waals surface area contributed by atoms with E-state index in [9.17, 15) is 14.9 Å². The van der Waals surface area contributed by atoms with Gasteiger partial charge in [0, 0.05) is 6.07 Å². The highest BCUT2D eigenvalue weighted by atomic mass is 16.6. The molecular formula is C10H12N6O3. The quantitative estimate of drug-likeness (QED) is 0.624. The number of carbonyl (C=O) groups is 1. The van der Waals surface area contributed by atoms with Gasteiger partial charge >= 0.3 is 5.69 Å². The Hall–Kier alpha value is -2.71. The summed E-state index contributed by atoms with van der Waals surface area (Å²) in [5, 5.41) is 23.7. The Morgan fingerprint density at radius 3 is 2.84 bits per heavy atom. The molecule has 2 aromatic rings. The van der Waals surface area contributed by atoms with Crippen molar-refractivity contribution in [3.05, 3.63) is 33.8 Å². The van der Waals surface area contributed by atoms with Gasteiger partial charge in [0.25, 0.3) is 0 Å². The van der Waals surface area contributed by atoms with Crippen LogP contribution in [-0.2, 0) is 11.3 Å². The summed E-state index contributed by atoms with van der Waals surface area (Å²) < 4.78 is 1.30. The first kappa shape index (κ1) is 12.7. The number of amides is 1. The highest BCUT2D eigenvalue weighted by molar-refractivity contribution is 5.89. The second-order valence-corrected chi connectivity index (χ2v) is 3.95. The Bertz CT molecular complexity index is 615. The third-order valence-corrected chi connectivity index (χ3v) is 2.59. The van der Waals surface area contributed by atoms with E-state index in [1.165, 1.54) is 17.8 Å². The largest absolute Gasteiger partial charge is 0.312 e. The molecule has 0 saturated carbocycles. The van der Waals surface area contributed by atoms with Gasteiger partial charge < -0.3 is 5.32 Å². The maximum Gasteiger partial charge on any atom is 0.312 e. The number of H-pyrrole nitrogens is 1. The number of aromatic nitrogens is 4. The Kier molecular flexibility index (Phi) is 3.27. The first-order chi connectivity index (χ1) is 8.99. The van der Waals surface area contributed by atoms with Crippen LogP contribution >= 0.6 is 0 Å². The van der Waals surface area contributed by atoms with Crippen LogP contribution in [0.1, 0.15) is 11.4 Å². The first-order valence-corrected chi connectivity index (χ1v) is 5.46. The van der Waals surface area contributed by atoms with Crippen LogP contribution in [0.2, 0.25) is 0 Å². The van der Waals surface area contributed by atoms with Crippen molar-refractivity contribution in [3.8, 4) is 0 Å². The molecule has 0 fully saturated rings. The lowest BCUT2D eigenvalue weighted by Crippen LogP contribution is -2.20. The van der Waals surface area contributed by atoms with Crippen molar-refractivity contribution in [3.63, 3.8) is 0 Å². The third-order valence-electron chi connectivity index (χ3n) is 2.59. The van der Waals surface area contributed by atoms with E-state index in [1.807, 2.05) is 0 Å². The maximum atomic E-state index is 11.7. The molecule has 2 rings (SSSR count). The topological polar surface area (TPSA) is 119 Å². The molecule has 1 amide bonds. The third kappa shape index (κ3) is 2.59. The average Bonchev–Trinajstić information content (AvgIpc) is 2.88. The average molecular weight is 264 g/mol. The Labute approximate surface area is 107 Å². The molecule has 0 aliphatic rings. The van der Waals surface area contributed by atoms with E-state index in [0.717, 1.165) is 0 Å². The van der Waals surface area contributed by atoms with Crippen LogP contribution in [0.15, 0.2) is 12.3 Å². The van der Waals surface area contributed by atoms with Gasteiger partial charge in [0.05, 0.1) is 11.1 Å². The molecule has 19 heavy (non-hydrogen) atoms. The van der Waals surface area contributed by atoms with Crippen LogP contribution in [0, 0.1) is 24.0 Å². The molecule has 0 atom stereocenters. The molecular weight excluding hydrogens is 252 g/mol. The summed E-state index contributed by atoms with van der Waals surface area (Å²) in [6, 6.07) is 1.60. The van der Waals surface area contributed by atoms with Gasteiger partial charge in [-0.15, -0.1) is 0 Å². The molecule has 2 heterocycles. The van der Waals surface area contributed by atoms with Crippen LogP contribution in [0.3, 0.4) is 0 Å². The van der Waals surface area contributed by atoms with Crippen molar-refractivity contribution in [1.29, 1.82) is 0 Å². The molecule has 2 aromatic heterocycles. The molecule has 0 aliphatic carbocycles. The minimum atomic E-state index is -0.499. The fraction of sp³-hybridized carbons (Fsp3) is 0.300. The van der Waals surface area contributed by atoms with Gasteiger partial charge in [-0.05, 0) is 13.8 Å². The number of hydrogen-bond acceptors (Lipinski definition) is 5. The van der Waals surface area contributed by atoms with E-state index >= 15 is 0 Å². The molecule has 0 saturated heterocycles. The lowest BCUT2D eigenvalue weighted by Gasteiger charge is -2.03. The SMILES string of the molecule is Cc1nn(CC(=O)Nc2ccn[nH]2)c(C)c1[N+](=O)[O-]. The van der Waals surface area contributed by atoms with Crippen molar-refractivity contribution >= 4 is 17.4 Å². The van der Waals surface area contributed by atoms with Gasteiger partial charge in [-0.1, -0.05) is 0 Å². The predicted molar refractivity (Wildman–Crippen MR) is 65.6 cm³/mol. The minimum Gasteiger partial charge on any atom is -0.309 e. The van der Waals surface area contributed by atoms with Crippen LogP contribution in [0.5, 0.6) is 0 Å². The number of nitro groups is 1. The van der Waals surface area contributed by atoms with Gasteiger partial charge in [-0.25, -0.2) is 0 Å². The van der Waals surface area contributed by atoms with Crippen molar-refractivity contribution in [2.75, 3.05) is 5.32 Å². The summed E-state index contributed by atoms with van der Waals surface area (Å²) in [5.41, 5.74) is 0.577. The monoisotopic (exact) mass is 264 g/mol. The molecule has 0 radical (unpaired) electrons. The van der Waals surface area contributed by atoms with Gasteiger partial charge in [0.2, 0.25) is 5.91 Å². The van der Waals surface area contributed by atoms with E-state index in [2.05, 4.69) is 20.6 Å². The highest BCUT2D eigenvalue weighted by Gasteiger charge is 2.22. The van der Waals surface area contributed by atoms with Crippen LogP contribution in [-0.4, -0.2) is 30.8 Å². The Balaban J connectivity index is 2.13. The highest BCUT2D eigenvalue weighted by Crippen LogP contribution is 2.21. The van der Waals surface area contributed by atoms with Crippen molar-refractivity contribution in [2.45, 2.75) is 20.4 Å². The minimum absolute atomic E-state index is 0.0608. The number of nitrogens with one attached hydrogen (secondary N) is 2. The van der Waals surface area contributed by atoms with Crippen LogP contribution < -0.4 is 5.32 Å². The molecule has 100 valence electrons. The zero-order chi connectivity index (χ0) is 14.0. The fourth-order valence-corrected chi connectivity index (χ4v) is 1.76. The molecule has 9 heteroatoms. The normalized spacial score (nSPS) is 10.4. The van der Waals surface area contributed by atoms with Gasteiger partial charge in [-0.3, -0.25) is 24.7 Å². The van der Waals surface area contributed by atoms with E-state index in [4.69, 9.17) is 0 Å². The predicted octanol–water partition coefficient (Wildman–Crippen LogP) is 0.770. The zero-order valence-corrected chi connectivity index (χ0v) is 10.4. The molecule has 0 bridgehead atoms. The maximum absolute atomic E-state index is 11.7. The lowest BCUT2D eigenvalue weighted by atomic mass is 10.3. The molecule has 0 spiro atoms. The number of rotatable bonds is 4. The summed E-state index contributed by atoms with van der Waals surface area (Å²) >= 11 is 0. The Morgan fingerprint density at radius 1 is 1.58 bits per heavy atom. The molecule has 9 nitrogen and oxygen atoms in total. The van der Waals surface area contributed by atoms with Crippen LogP contribution in [0.4, 0.5) is 11.5 Å². The summed E-state index contributed by atoms with van der Waals surface area (Å²) in [6.45, 7) is 3.00. The Morgan fingerprint density at radius 2 is 2.32 bits per heavy atom. The van der Waals surface area contributed by atoms with Crippen molar-refractivity contribution in [2.24, 2.45) is 0 Å². The number of aromatic amines is 1. The standard InChI is InChI=1S/C10H12N6O3/c1-6-10(16(18)19)7(2)15(14-6)5-9(17)12-8-3-4-11-13-8/h3-4H,5H2,1-2H3,(H2,11,12,13,17). The van der Waals surface area contributed by atoms with E-state index in [1.54, 1.807) is 13.0 Å². The summed E-state index contributed by atoms with van der Waals surface area (Å²) in [7, 11) is 0. The second kappa shape index (κ2) is 4.88. The summed E-state index contributed by atoms with van der Waals surface area (Å²) in [5.74, 6) is 0.116. The van der Waals surface area contributed by atoms with Crippen molar-refractivity contribution < 1.29 is 9.72 Å². The zero-order valence-electron chi connectivity index (χ0n) is 10.4. The fourth-order valence-electron chi connectivity index (χ4n) is 1.76. The number of nitrogens with zero attached hydrogens (tertiary/aromatic N) is 4. The van der Waals surface area contributed by atoms with E-state index in [-0.39, 0.29) is 23.8 Å². The van der Waals surface area contributed by atoms with Gasteiger partial charge in [-0.2, -0.15) is 10.2 Å². The van der Waals surface area contributed by atoms with Crippen LogP contribution in [0.25, 0.3) is 0 Å². The molecule has 0 aromatic carbocycles. The van der Waals surface area contributed by atoms with Crippen molar-refractivity contribution in [1.82, 2.24) is 20.0 Å². The molecule has 2 N–H and O–H groups in total. The number of carbonyl (C=O) groups excluding carboxylic acids is 1. The number of aryl methyl sites for hydroxylation is 1. The summed E-state index contributed by atoms with van der Waals surface area (Å²) in [6.07, 6.45) is 1.50. The van der Waals surface area contributed by atoms with E-state index < -0.39 is 4.92 Å². The lowest BCUT2D eigenvalue weighted by molar-refractivity contribution is -0.386. The molecule has 0 unspecified atom stereocenters. The number of anilines is 1. The second-order valence-electron chi connectivity index (χ2n) is 3.95. The first-order valence-electron chi connectivity index (χ1n) is 5.46. The summed E-state index contributed by atoms with van der Waals surface area (Å²) in [4.78, 5) is 22.1.